The molecule has 9 rings (SSSR count). The highest BCUT2D eigenvalue weighted by molar-refractivity contribution is 5.93. The number of rotatable bonds is 6. The second-order valence-corrected chi connectivity index (χ2v) is 12.4. The lowest BCUT2D eigenvalue weighted by atomic mass is 9.92. The number of nitrogens with zero attached hydrogens (tertiary/aromatic N) is 3. The minimum absolute atomic E-state index is 0.653. The second-order valence-electron chi connectivity index (χ2n) is 12.4. The average Bonchev–Trinajstić information content (AvgIpc) is 3.58. The van der Waals surface area contributed by atoms with Crippen LogP contribution in [0.5, 0.6) is 0 Å². The largest absolute Gasteiger partial charge is 0.208 e. The smallest absolute Gasteiger partial charge is 0.164 e. The number of hydrogen-bond acceptors (Lipinski definition) is 3. The molecule has 8 aromatic rings. The van der Waals surface area contributed by atoms with Crippen molar-refractivity contribution >= 4 is 0 Å². The quantitative estimate of drug-likeness (QED) is 0.185. The van der Waals surface area contributed by atoms with Gasteiger partial charge in [-0.05, 0) is 62.1 Å². The molecule has 0 spiro atoms. The Hall–Kier alpha value is -6.45. The molecule has 1 heterocycles. The maximum Gasteiger partial charge on any atom is 0.164 e. The molecular weight excluding hydrogens is 595 g/mol. The molecule has 0 saturated heterocycles. The lowest BCUT2D eigenvalue weighted by Gasteiger charge is -2.12. The Bertz CT molecular complexity index is 2420. The van der Waals surface area contributed by atoms with Gasteiger partial charge >= 0.3 is 0 Å². The van der Waals surface area contributed by atoms with Gasteiger partial charge in [-0.1, -0.05) is 176 Å². The van der Waals surface area contributed by atoms with Crippen LogP contribution >= 0.6 is 0 Å². The molecule has 0 atom stereocenters. The van der Waals surface area contributed by atoms with Crippen molar-refractivity contribution in [3.63, 3.8) is 0 Å². The van der Waals surface area contributed by atoms with Gasteiger partial charge in [0.25, 0.3) is 0 Å². The minimum atomic E-state index is 0.653. The highest BCUT2D eigenvalue weighted by Gasteiger charge is 2.24. The van der Waals surface area contributed by atoms with Crippen LogP contribution in [0.3, 0.4) is 0 Å². The van der Waals surface area contributed by atoms with Crippen molar-refractivity contribution in [2.75, 3.05) is 0 Å². The molecule has 1 aliphatic carbocycles. The van der Waals surface area contributed by atoms with Crippen LogP contribution in [-0.2, 0) is 6.42 Å². The van der Waals surface area contributed by atoms with Gasteiger partial charge < -0.3 is 0 Å². The summed E-state index contributed by atoms with van der Waals surface area (Å²) in [4.78, 5) is 14.9. The lowest BCUT2D eigenvalue weighted by molar-refractivity contribution is 1.07. The first kappa shape index (κ1) is 28.7. The molecule has 7 aromatic carbocycles. The van der Waals surface area contributed by atoms with Gasteiger partial charge in [0.1, 0.15) is 0 Å². The van der Waals surface area contributed by atoms with Crippen molar-refractivity contribution in [3.05, 3.63) is 187 Å². The first-order chi connectivity index (χ1) is 24.3. The van der Waals surface area contributed by atoms with Crippen LogP contribution in [0.4, 0.5) is 0 Å². The van der Waals surface area contributed by atoms with E-state index in [1.807, 2.05) is 36.4 Å². The third-order valence-electron chi connectivity index (χ3n) is 9.42. The van der Waals surface area contributed by atoms with E-state index in [4.69, 9.17) is 15.0 Å². The summed E-state index contributed by atoms with van der Waals surface area (Å²) in [5.41, 5.74) is 15.6. The van der Waals surface area contributed by atoms with E-state index in [2.05, 4.69) is 140 Å². The van der Waals surface area contributed by atoms with Crippen molar-refractivity contribution in [3.8, 4) is 78.7 Å². The fourth-order valence-electron chi connectivity index (χ4n) is 6.99. The molecule has 0 saturated carbocycles. The maximum absolute atomic E-state index is 5.01. The minimum Gasteiger partial charge on any atom is -0.208 e. The molecule has 3 nitrogen and oxygen atoms in total. The van der Waals surface area contributed by atoms with Crippen molar-refractivity contribution < 1.29 is 0 Å². The zero-order chi connectivity index (χ0) is 32.6. The van der Waals surface area contributed by atoms with Gasteiger partial charge in [0, 0.05) is 16.7 Å². The Morgan fingerprint density at radius 2 is 0.673 bits per heavy atom. The SMILES string of the molecule is c1ccc(-c2ccc(-c3nc(-c4ccccc4)nc(-c4ccc(-c5cccc6c5Cc5cccc(-c7ccccc7)c5-6)cc4)n3)cc2)cc1. The maximum atomic E-state index is 5.01. The summed E-state index contributed by atoms with van der Waals surface area (Å²) < 4.78 is 0. The first-order valence-electron chi connectivity index (χ1n) is 16.7. The average molecular weight is 626 g/mol. The molecule has 1 aromatic heterocycles. The van der Waals surface area contributed by atoms with Crippen LogP contribution in [0.15, 0.2) is 176 Å². The van der Waals surface area contributed by atoms with Crippen LogP contribution in [-0.4, -0.2) is 15.0 Å². The van der Waals surface area contributed by atoms with Gasteiger partial charge in [-0.2, -0.15) is 0 Å². The predicted octanol–water partition coefficient (Wildman–Crippen LogP) is 11.4. The van der Waals surface area contributed by atoms with Gasteiger partial charge in [-0.25, -0.2) is 15.0 Å². The second kappa shape index (κ2) is 12.3. The van der Waals surface area contributed by atoms with E-state index in [9.17, 15) is 0 Å². The van der Waals surface area contributed by atoms with Crippen LogP contribution < -0.4 is 0 Å². The Morgan fingerprint density at radius 3 is 1.27 bits per heavy atom. The van der Waals surface area contributed by atoms with E-state index >= 15 is 0 Å². The fourth-order valence-corrected chi connectivity index (χ4v) is 6.99. The third-order valence-corrected chi connectivity index (χ3v) is 9.42. The number of aromatic nitrogens is 3. The molecule has 230 valence electrons. The van der Waals surface area contributed by atoms with Gasteiger partial charge in [-0.15, -0.1) is 0 Å². The van der Waals surface area contributed by atoms with Crippen molar-refractivity contribution in [2.45, 2.75) is 6.42 Å². The van der Waals surface area contributed by atoms with E-state index in [0.29, 0.717) is 17.5 Å². The first-order valence-corrected chi connectivity index (χ1v) is 16.7. The molecule has 0 bridgehead atoms. The van der Waals surface area contributed by atoms with Crippen LogP contribution in [0.2, 0.25) is 0 Å². The van der Waals surface area contributed by atoms with E-state index in [1.165, 1.54) is 50.1 Å². The highest BCUT2D eigenvalue weighted by Crippen LogP contribution is 2.46. The summed E-state index contributed by atoms with van der Waals surface area (Å²) in [6, 6.07) is 61.8. The Balaban J connectivity index is 1.08. The standard InChI is InChI=1S/C46H31N3/c1-4-12-31(13-5-1)32-22-26-36(27-23-32)45-47-44(35-16-8-3-9-17-35)48-46(49-45)37-28-24-34(25-29-37)39-19-11-21-41-42(39)30-38-18-10-20-40(43(38)41)33-14-6-2-7-15-33/h1-29H,30H2. The Morgan fingerprint density at radius 1 is 0.286 bits per heavy atom. The van der Waals surface area contributed by atoms with E-state index < -0.39 is 0 Å². The van der Waals surface area contributed by atoms with Crippen LogP contribution in [0.1, 0.15) is 11.1 Å². The fraction of sp³-hybridized carbons (Fsp3) is 0.0217. The van der Waals surface area contributed by atoms with Gasteiger partial charge in [0.05, 0.1) is 0 Å². The number of benzene rings is 7. The zero-order valence-electron chi connectivity index (χ0n) is 26.8. The van der Waals surface area contributed by atoms with Crippen molar-refractivity contribution in [1.29, 1.82) is 0 Å². The van der Waals surface area contributed by atoms with E-state index in [-0.39, 0.29) is 0 Å². The summed E-state index contributed by atoms with van der Waals surface area (Å²) in [7, 11) is 0. The van der Waals surface area contributed by atoms with Gasteiger partial charge in [0.2, 0.25) is 0 Å². The molecular formula is C46H31N3. The molecule has 1 aliphatic rings. The molecule has 0 unspecified atom stereocenters. The Labute approximate surface area is 286 Å². The summed E-state index contributed by atoms with van der Waals surface area (Å²) >= 11 is 0. The number of hydrogen-bond donors (Lipinski definition) is 0. The third kappa shape index (κ3) is 5.42. The molecule has 0 amide bonds. The van der Waals surface area contributed by atoms with E-state index in [1.54, 1.807) is 0 Å². The van der Waals surface area contributed by atoms with Crippen LogP contribution in [0, 0.1) is 0 Å². The van der Waals surface area contributed by atoms with Crippen molar-refractivity contribution in [2.24, 2.45) is 0 Å². The Kier molecular flexibility index (Phi) is 7.21. The molecule has 0 N–H and O–H groups in total. The molecule has 0 radical (unpaired) electrons. The topological polar surface area (TPSA) is 38.7 Å². The zero-order valence-corrected chi connectivity index (χ0v) is 26.8. The summed E-state index contributed by atoms with van der Waals surface area (Å²) in [5.74, 6) is 1.96. The van der Waals surface area contributed by atoms with Gasteiger partial charge in [-0.3, -0.25) is 0 Å². The predicted molar refractivity (Wildman–Crippen MR) is 201 cm³/mol. The summed E-state index contributed by atoms with van der Waals surface area (Å²) in [6.07, 6.45) is 0.920. The van der Waals surface area contributed by atoms with Crippen LogP contribution in [0.25, 0.3) is 78.7 Å². The highest BCUT2D eigenvalue weighted by atomic mass is 15.0. The summed E-state index contributed by atoms with van der Waals surface area (Å²) in [6.45, 7) is 0. The summed E-state index contributed by atoms with van der Waals surface area (Å²) in [5, 5.41) is 0. The molecule has 0 fully saturated rings. The lowest BCUT2D eigenvalue weighted by Crippen LogP contribution is -2.00. The normalized spacial score (nSPS) is 11.6. The molecule has 3 heteroatoms. The van der Waals surface area contributed by atoms with E-state index in [0.717, 1.165) is 28.7 Å². The monoisotopic (exact) mass is 625 g/mol. The number of fused-ring (bicyclic) bond motifs is 3. The molecule has 0 aliphatic heterocycles. The molecule has 49 heavy (non-hydrogen) atoms. The van der Waals surface area contributed by atoms with Crippen molar-refractivity contribution in [1.82, 2.24) is 15.0 Å². The van der Waals surface area contributed by atoms with Gasteiger partial charge in [0.15, 0.2) is 17.5 Å².